The number of nitrogens with one attached hydrogen (secondary N) is 1. The summed E-state index contributed by atoms with van der Waals surface area (Å²) in [6, 6.07) is 19.7. The molecule has 1 N–H and O–H groups in total. The third-order valence-corrected chi connectivity index (χ3v) is 8.89. The van der Waals surface area contributed by atoms with E-state index in [0.717, 1.165) is 40.2 Å². The molecule has 4 aromatic rings. The second-order valence-electron chi connectivity index (χ2n) is 9.55. The van der Waals surface area contributed by atoms with Gasteiger partial charge in [-0.05, 0) is 42.0 Å². The van der Waals surface area contributed by atoms with Crippen molar-refractivity contribution in [3.63, 3.8) is 0 Å². The van der Waals surface area contributed by atoms with Gasteiger partial charge in [0, 0.05) is 34.9 Å². The van der Waals surface area contributed by atoms with Gasteiger partial charge in [-0.2, -0.15) is 0 Å². The molecule has 2 heterocycles. The number of amides is 1. The molecule has 0 saturated carbocycles. The second-order valence-corrected chi connectivity index (χ2v) is 12.6. The van der Waals surface area contributed by atoms with Crippen LogP contribution in [0.5, 0.6) is 0 Å². The van der Waals surface area contributed by atoms with Crippen molar-refractivity contribution in [3.05, 3.63) is 83.5 Å². The summed E-state index contributed by atoms with van der Waals surface area (Å²) in [6.07, 6.45) is 5.01. The standard InChI is InChI=1S/C29H33N3O4S2/c1-4-5-16-36-29(33)31-38(34,35)28-26(19-25(37-28)17-21(2)3)24-13-9-10-22(18-24)20-32-15-14-30-27(32)23-11-7-6-8-12-23/h6-15,18-19,21H,4-5,16-17,20H2,1-3H3,(H,31,33). The summed E-state index contributed by atoms with van der Waals surface area (Å²) in [4.78, 5) is 17.7. The fraction of sp³-hybridized carbons (Fsp3) is 0.310. The van der Waals surface area contributed by atoms with E-state index in [0.29, 0.717) is 24.4 Å². The molecule has 0 radical (unpaired) electrons. The highest BCUT2D eigenvalue weighted by Gasteiger charge is 2.26. The number of ether oxygens (including phenoxy) is 1. The lowest BCUT2D eigenvalue weighted by Gasteiger charge is -2.11. The molecular formula is C29H33N3O4S2. The number of carbonyl (C=O) groups is 1. The molecule has 0 unspecified atom stereocenters. The van der Waals surface area contributed by atoms with Gasteiger partial charge in [0.2, 0.25) is 0 Å². The first-order chi connectivity index (χ1) is 18.3. The number of benzene rings is 2. The zero-order valence-electron chi connectivity index (χ0n) is 21.9. The predicted molar refractivity (Wildman–Crippen MR) is 152 cm³/mol. The molecule has 1 amide bonds. The number of imidazole rings is 1. The lowest BCUT2D eigenvalue weighted by atomic mass is 10.0. The number of carbonyl (C=O) groups excluding carboxylic acids is 1. The molecule has 38 heavy (non-hydrogen) atoms. The molecule has 0 atom stereocenters. The Bertz CT molecular complexity index is 1470. The van der Waals surface area contributed by atoms with Crippen molar-refractivity contribution in [1.29, 1.82) is 0 Å². The number of unbranched alkanes of at least 4 members (excludes halogenated alkanes) is 1. The zero-order valence-corrected chi connectivity index (χ0v) is 23.5. The van der Waals surface area contributed by atoms with Gasteiger partial charge >= 0.3 is 6.09 Å². The summed E-state index contributed by atoms with van der Waals surface area (Å²) in [5, 5.41) is 0. The lowest BCUT2D eigenvalue weighted by Crippen LogP contribution is -2.31. The number of rotatable bonds is 11. The number of sulfonamides is 1. The highest BCUT2D eigenvalue weighted by atomic mass is 32.2. The Morgan fingerprint density at radius 2 is 1.84 bits per heavy atom. The van der Waals surface area contributed by atoms with Crippen molar-refractivity contribution >= 4 is 27.5 Å². The minimum absolute atomic E-state index is 0.116. The number of aromatic nitrogens is 2. The molecule has 0 aliphatic rings. The Morgan fingerprint density at radius 1 is 1.08 bits per heavy atom. The van der Waals surface area contributed by atoms with E-state index in [-0.39, 0.29) is 10.8 Å². The van der Waals surface area contributed by atoms with Crippen LogP contribution >= 0.6 is 11.3 Å². The van der Waals surface area contributed by atoms with Gasteiger partial charge in [0.25, 0.3) is 10.0 Å². The average Bonchev–Trinajstić information content (AvgIpc) is 3.52. The molecule has 7 nitrogen and oxygen atoms in total. The average molecular weight is 552 g/mol. The fourth-order valence-electron chi connectivity index (χ4n) is 4.14. The van der Waals surface area contributed by atoms with Crippen LogP contribution < -0.4 is 4.72 Å². The van der Waals surface area contributed by atoms with E-state index in [4.69, 9.17) is 4.74 Å². The quantitative estimate of drug-likeness (QED) is 0.209. The summed E-state index contributed by atoms with van der Waals surface area (Å²) < 4.78 is 35.9. The van der Waals surface area contributed by atoms with Crippen molar-refractivity contribution < 1.29 is 17.9 Å². The van der Waals surface area contributed by atoms with Gasteiger partial charge in [0.1, 0.15) is 10.0 Å². The monoisotopic (exact) mass is 551 g/mol. The van der Waals surface area contributed by atoms with E-state index in [9.17, 15) is 13.2 Å². The van der Waals surface area contributed by atoms with Gasteiger partial charge < -0.3 is 9.30 Å². The molecule has 4 rings (SSSR count). The Kier molecular flexibility index (Phi) is 9.01. The van der Waals surface area contributed by atoms with E-state index < -0.39 is 16.1 Å². The van der Waals surface area contributed by atoms with Crippen LogP contribution in [-0.4, -0.2) is 30.7 Å². The van der Waals surface area contributed by atoms with Crippen LogP contribution in [0.4, 0.5) is 4.79 Å². The summed E-state index contributed by atoms with van der Waals surface area (Å²) in [6.45, 7) is 6.90. The first-order valence-electron chi connectivity index (χ1n) is 12.7. The molecular weight excluding hydrogens is 518 g/mol. The topological polar surface area (TPSA) is 90.3 Å². The van der Waals surface area contributed by atoms with E-state index in [1.165, 1.54) is 11.3 Å². The molecule has 2 aromatic carbocycles. The largest absolute Gasteiger partial charge is 0.449 e. The smallest absolute Gasteiger partial charge is 0.421 e. The number of hydrogen-bond acceptors (Lipinski definition) is 6. The van der Waals surface area contributed by atoms with Crippen LogP contribution in [0.25, 0.3) is 22.5 Å². The maximum Gasteiger partial charge on any atom is 0.421 e. The van der Waals surface area contributed by atoms with Crippen LogP contribution in [0, 0.1) is 5.92 Å². The number of hydrogen-bond donors (Lipinski definition) is 1. The molecule has 0 bridgehead atoms. The molecule has 0 spiro atoms. The van der Waals surface area contributed by atoms with Crippen LogP contribution in [0.2, 0.25) is 0 Å². The Labute approximate surface area is 228 Å². The molecule has 200 valence electrons. The minimum Gasteiger partial charge on any atom is -0.449 e. The maximum absolute atomic E-state index is 13.3. The van der Waals surface area contributed by atoms with Crippen LogP contribution in [0.3, 0.4) is 0 Å². The zero-order chi connectivity index (χ0) is 27.1. The summed E-state index contributed by atoms with van der Waals surface area (Å²) in [7, 11) is -4.12. The van der Waals surface area contributed by atoms with Crippen LogP contribution in [-0.2, 0) is 27.7 Å². The van der Waals surface area contributed by atoms with Crippen molar-refractivity contribution in [3.8, 4) is 22.5 Å². The summed E-state index contributed by atoms with van der Waals surface area (Å²) in [5.41, 5.74) is 3.38. The van der Waals surface area contributed by atoms with E-state index in [1.807, 2.05) is 73.8 Å². The molecule has 9 heteroatoms. The molecule has 0 aliphatic carbocycles. The van der Waals surface area contributed by atoms with Gasteiger partial charge in [-0.1, -0.05) is 75.7 Å². The third-order valence-electron chi connectivity index (χ3n) is 5.89. The second kappa shape index (κ2) is 12.4. The lowest BCUT2D eigenvalue weighted by molar-refractivity contribution is 0.151. The van der Waals surface area contributed by atoms with Crippen molar-refractivity contribution in [2.24, 2.45) is 5.92 Å². The first-order valence-corrected chi connectivity index (χ1v) is 15.0. The Balaban J connectivity index is 1.65. The van der Waals surface area contributed by atoms with Crippen molar-refractivity contribution in [2.45, 2.75) is 50.8 Å². The van der Waals surface area contributed by atoms with E-state index >= 15 is 0 Å². The van der Waals surface area contributed by atoms with Gasteiger partial charge in [0.15, 0.2) is 0 Å². The van der Waals surface area contributed by atoms with Gasteiger partial charge in [-0.3, -0.25) is 0 Å². The molecule has 2 aromatic heterocycles. The summed E-state index contributed by atoms with van der Waals surface area (Å²) in [5.74, 6) is 1.22. The normalized spacial score (nSPS) is 11.6. The molecule has 0 aliphatic heterocycles. The Hall–Kier alpha value is -3.43. The van der Waals surface area contributed by atoms with E-state index in [2.05, 4.69) is 28.1 Å². The summed E-state index contributed by atoms with van der Waals surface area (Å²) >= 11 is 1.20. The fourth-order valence-corrected chi connectivity index (χ4v) is 6.98. The SMILES string of the molecule is CCCCOC(=O)NS(=O)(=O)c1sc(CC(C)C)cc1-c1cccc(Cn2ccnc2-c2ccccc2)c1. The van der Waals surface area contributed by atoms with Crippen LogP contribution in [0.15, 0.2) is 77.3 Å². The first kappa shape index (κ1) is 27.6. The highest BCUT2D eigenvalue weighted by Crippen LogP contribution is 2.37. The predicted octanol–water partition coefficient (Wildman–Crippen LogP) is 6.74. The molecule has 0 fully saturated rings. The number of thiophene rings is 1. The van der Waals surface area contributed by atoms with Gasteiger partial charge in [0.05, 0.1) is 6.61 Å². The van der Waals surface area contributed by atoms with E-state index in [1.54, 1.807) is 6.20 Å². The van der Waals surface area contributed by atoms with Crippen molar-refractivity contribution in [2.75, 3.05) is 6.61 Å². The minimum atomic E-state index is -4.12. The molecule has 0 saturated heterocycles. The third kappa shape index (κ3) is 6.90. The van der Waals surface area contributed by atoms with Gasteiger partial charge in [-0.15, -0.1) is 11.3 Å². The number of nitrogens with zero attached hydrogens (tertiary/aromatic N) is 2. The Morgan fingerprint density at radius 3 is 2.58 bits per heavy atom. The van der Waals surface area contributed by atoms with Crippen LogP contribution in [0.1, 0.15) is 44.1 Å². The van der Waals surface area contributed by atoms with Gasteiger partial charge in [-0.25, -0.2) is 22.9 Å². The highest BCUT2D eigenvalue weighted by molar-refractivity contribution is 7.92. The maximum atomic E-state index is 13.3. The van der Waals surface area contributed by atoms with Crippen molar-refractivity contribution in [1.82, 2.24) is 14.3 Å².